The molecule has 7 heteroatoms. The second kappa shape index (κ2) is 7.25. The highest BCUT2D eigenvalue weighted by Gasteiger charge is 2.36. The van der Waals surface area contributed by atoms with Crippen LogP contribution in [0.5, 0.6) is 0 Å². The van der Waals surface area contributed by atoms with Gasteiger partial charge in [0.25, 0.3) is 11.8 Å². The van der Waals surface area contributed by atoms with Crippen LogP contribution in [0.1, 0.15) is 52.2 Å². The number of ether oxygens (including phenoxy) is 1. The number of aromatic nitrogens is 1. The first-order valence-electron chi connectivity index (χ1n) is 9.05. The molecule has 0 spiro atoms. The molecule has 2 amide bonds. The molecular formula is C22H18N2O4S. The number of thiazole rings is 1. The Labute approximate surface area is 171 Å². The van der Waals surface area contributed by atoms with Crippen LogP contribution in [0.25, 0.3) is 0 Å². The zero-order valence-corrected chi connectivity index (χ0v) is 17.0. The zero-order chi connectivity index (χ0) is 20.7. The molecule has 6 nitrogen and oxygen atoms in total. The van der Waals surface area contributed by atoms with E-state index in [1.807, 2.05) is 13.8 Å². The first kappa shape index (κ1) is 19.0. The van der Waals surface area contributed by atoms with Gasteiger partial charge < -0.3 is 4.74 Å². The molecule has 146 valence electrons. The van der Waals surface area contributed by atoms with Crippen LogP contribution in [-0.2, 0) is 11.3 Å². The summed E-state index contributed by atoms with van der Waals surface area (Å²) in [6.07, 6.45) is 0. The Kier molecular flexibility index (Phi) is 4.76. The number of nitrogens with zero attached hydrogens (tertiary/aromatic N) is 2. The predicted octanol–water partition coefficient (Wildman–Crippen LogP) is 4.23. The Hall–Kier alpha value is -3.32. The standard InChI is InChI=1S/C22H18N2O4S/c1-12-10-15(24-20(25)17-6-4-5-7-18(17)21(24)26)8-9-16(12)22(27)28-11-19-13(2)29-14(3)23-19/h4-10H,11H2,1-3H3. The smallest absolute Gasteiger partial charge is 0.338 e. The first-order chi connectivity index (χ1) is 13.9. The minimum atomic E-state index is -0.471. The Bertz CT molecular complexity index is 1130. The normalized spacial score (nSPS) is 13.0. The molecule has 2 aromatic carbocycles. The van der Waals surface area contributed by atoms with Crippen molar-refractivity contribution in [1.82, 2.24) is 4.98 Å². The lowest BCUT2D eigenvalue weighted by molar-refractivity contribution is 0.0466. The van der Waals surface area contributed by atoms with Gasteiger partial charge in [-0.3, -0.25) is 9.59 Å². The van der Waals surface area contributed by atoms with Crippen LogP contribution in [0.3, 0.4) is 0 Å². The molecule has 1 aliphatic heterocycles. The van der Waals surface area contributed by atoms with E-state index in [0.29, 0.717) is 27.9 Å². The summed E-state index contributed by atoms with van der Waals surface area (Å²) in [5.74, 6) is -1.20. The van der Waals surface area contributed by atoms with Gasteiger partial charge in [-0.2, -0.15) is 0 Å². The summed E-state index contributed by atoms with van der Waals surface area (Å²) < 4.78 is 5.41. The maximum atomic E-state index is 12.6. The summed E-state index contributed by atoms with van der Waals surface area (Å²) in [5.41, 5.74) is 2.95. The van der Waals surface area contributed by atoms with Crippen LogP contribution < -0.4 is 4.90 Å². The minimum Gasteiger partial charge on any atom is -0.456 e. The number of carbonyl (C=O) groups is 3. The number of imide groups is 1. The number of anilines is 1. The number of benzene rings is 2. The molecule has 1 aliphatic rings. The molecule has 3 aromatic rings. The molecule has 2 heterocycles. The molecule has 4 rings (SSSR count). The predicted molar refractivity (Wildman–Crippen MR) is 109 cm³/mol. The van der Waals surface area contributed by atoms with E-state index in [0.717, 1.165) is 20.5 Å². The number of esters is 1. The highest BCUT2D eigenvalue weighted by Crippen LogP contribution is 2.29. The SMILES string of the molecule is Cc1nc(COC(=O)c2ccc(N3C(=O)c4ccccc4C3=O)cc2C)c(C)s1. The molecule has 29 heavy (non-hydrogen) atoms. The lowest BCUT2D eigenvalue weighted by Gasteiger charge is -2.16. The largest absolute Gasteiger partial charge is 0.456 e. The number of carbonyl (C=O) groups excluding carboxylic acids is 3. The van der Waals surface area contributed by atoms with E-state index in [-0.39, 0.29) is 18.4 Å². The van der Waals surface area contributed by atoms with Gasteiger partial charge in [0.15, 0.2) is 0 Å². The summed E-state index contributed by atoms with van der Waals surface area (Å²) in [4.78, 5) is 44.3. The van der Waals surface area contributed by atoms with Gasteiger partial charge in [0.2, 0.25) is 0 Å². The summed E-state index contributed by atoms with van der Waals surface area (Å²) in [6, 6.07) is 11.5. The molecule has 0 aliphatic carbocycles. The van der Waals surface area contributed by atoms with Gasteiger partial charge in [0.1, 0.15) is 6.61 Å². The van der Waals surface area contributed by atoms with Crippen molar-refractivity contribution >= 4 is 34.8 Å². The fourth-order valence-electron chi connectivity index (χ4n) is 3.36. The average molecular weight is 406 g/mol. The quantitative estimate of drug-likeness (QED) is 0.479. The van der Waals surface area contributed by atoms with E-state index in [1.54, 1.807) is 60.7 Å². The third kappa shape index (κ3) is 3.34. The summed E-state index contributed by atoms with van der Waals surface area (Å²) >= 11 is 1.56. The Balaban J connectivity index is 1.54. The third-order valence-electron chi connectivity index (χ3n) is 4.82. The van der Waals surface area contributed by atoms with Crippen molar-refractivity contribution in [3.8, 4) is 0 Å². The maximum absolute atomic E-state index is 12.6. The fourth-order valence-corrected chi connectivity index (χ4v) is 4.18. The van der Waals surface area contributed by atoms with E-state index >= 15 is 0 Å². The van der Waals surface area contributed by atoms with E-state index in [9.17, 15) is 14.4 Å². The van der Waals surface area contributed by atoms with E-state index in [2.05, 4.69) is 4.98 Å². The van der Waals surface area contributed by atoms with Crippen molar-refractivity contribution in [2.45, 2.75) is 27.4 Å². The van der Waals surface area contributed by atoms with Crippen LogP contribution in [0, 0.1) is 20.8 Å². The topological polar surface area (TPSA) is 76.6 Å². The molecule has 0 N–H and O–H groups in total. The van der Waals surface area contributed by atoms with Gasteiger partial charge >= 0.3 is 5.97 Å². The summed E-state index contributed by atoms with van der Waals surface area (Å²) in [7, 11) is 0. The average Bonchev–Trinajstić information content (AvgIpc) is 3.15. The molecule has 0 unspecified atom stereocenters. The number of hydrogen-bond donors (Lipinski definition) is 0. The Morgan fingerprint density at radius 1 is 1.03 bits per heavy atom. The van der Waals surface area contributed by atoms with E-state index in [4.69, 9.17) is 4.74 Å². The van der Waals surface area contributed by atoms with Crippen molar-refractivity contribution < 1.29 is 19.1 Å². The van der Waals surface area contributed by atoms with Crippen LogP contribution in [0.2, 0.25) is 0 Å². The van der Waals surface area contributed by atoms with Gasteiger partial charge in [-0.1, -0.05) is 12.1 Å². The minimum absolute atomic E-state index is 0.106. The van der Waals surface area contributed by atoms with E-state index in [1.165, 1.54) is 0 Å². The fraction of sp³-hybridized carbons (Fsp3) is 0.182. The van der Waals surface area contributed by atoms with Gasteiger partial charge in [0.05, 0.1) is 33.1 Å². The molecule has 0 radical (unpaired) electrons. The number of hydrogen-bond acceptors (Lipinski definition) is 6. The molecule has 0 saturated carbocycles. The van der Waals surface area contributed by atoms with Gasteiger partial charge in [-0.25, -0.2) is 14.7 Å². The molecule has 0 saturated heterocycles. The monoisotopic (exact) mass is 406 g/mol. The van der Waals surface area contributed by atoms with E-state index < -0.39 is 5.97 Å². The Morgan fingerprint density at radius 2 is 1.69 bits per heavy atom. The van der Waals surface area contributed by atoms with Crippen molar-refractivity contribution in [3.63, 3.8) is 0 Å². The van der Waals surface area contributed by atoms with Crippen molar-refractivity contribution in [2.24, 2.45) is 0 Å². The van der Waals surface area contributed by atoms with Crippen molar-refractivity contribution in [2.75, 3.05) is 4.90 Å². The lowest BCUT2D eigenvalue weighted by atomic mass is 10.1. The molecule has 0 bridgehead atoms. The summed E-state index contributed by atoms with van der Waals surface area (Å²) in [5, 5.41) is 0.926. The van der Waals surface area contributed by atoms with Gasteiger partial charge in [0, 0.05) is 4.88 Å². The molecule has 0 atom stereocenters. The van der Waals surface area contributed by atoms with Crippen molar-refractivity contribution in [1.29, 1.82) is 0 Å². The highest BCUT2D eigenvalue weighted by atomic mass is 32.1. The lowest BCUT2D eigenvalue weighted by Crippen LogP contribution is -2.29. The molecule has 1 aromatic heterocycles. The van der Waals surface area contributed by atoms with Crippen LogP contribution in [-0.4, -0.2) is 22.8 Å². The first-order valence-corrected chi connectivity index (χ1v) is 9.87. The number of aryl methyl sites for hydroxylation is 3. The second-order valence-electron chi connectivity index (χ2n) is 6.80. The Morgan fingerprint density at radius 3 is 2.24 bits per heavy atom. The van der Waals surface area contributed by atoms with Crippen LogP contribution in [0.15, 0.2) is 42.5 Å². The third-order valence-corrected chi connectivity index (χ3v) is 5.75. The molecular weight excluding hydrogens is 388 g/mol. The number of fused-ring (bicyclic) bond motifs is 1. The van der Waals surface area contributed by atoms with Crippen LogP contribution in [0.4, 0.5) is 5.69 Å². The molecule has 0 fully saturated rings. The zero-order valence-electron chi connectivity index (χ0n) is 16.2. The van der Waals surface area contributed by atoms with Crippen LogP contribution >= 0.6 is 11.3 Å². The summed E-state index contributed by atoms with van der Waals surface area (Å²) in [6.45, 7) is 5.70. The maximum Gasteiger partial charge on any atom is 0.338 e. The second-order valence-corrected chi connectivity index (χ2v) is 8.21. The number of amides is 2. The van der Waals surface area contributed by atoms with Gasteiger partial charge in [-0.05, 0) is 56.7 Å². The van der Waals surface area contributed by atoms with Gasteiger partial charge in [-0.15, -0.1) is 11.3 Å². The number of rotatable bonds is 4. The highest BCUT2D eigenvalue weighted by molar-refractivity contribution is 7.11. The van der Waals surface area contributed by atoms with Crippen molar-refractivity contribution in [3.05, 3.63) is 80.3 Å².